The molecule has 0 spiro atoms. The van der Waals surface area contributed by atoms with Gasteiger partial charge in [0, 0.05) is 13.0 Å². The van der Waals surface area contributed by atoms with Gasteiger partial charge < -0.3 is 0 Å². The van der Waals surface area contributed by atoms with Crippen molar-refractivity contribution >= 4 is 5.91 Å². The fraction of sp³-hybridized carbons (Fsp3) is 0.909. The van der Waals surface area contributed by atoms with Gasteiger partial charge in [-0.05, 0) is 12.8 Å². The Kier molecular flexibility index (Phi) is 7.48. The average Bonchev–Trinajstić information content (AvgIpc) is 2.17. The molecule has 84 valence electrons. The third-order valence-electron chi connectivity index (χ3n) is 2.51. The summed E-state index contributed by atoms with van der Waals surface area (Å²) in [4.78, 5) is 11.7. The molecular formula is C11H24N2O. The molecular weight excluding hydrogens is 176 g/mol. The number of hydrazine groups is 1. The van der Waals surface area contributed by atoms with Crippen LogP contribution in [0.25, 0.3) is 0 Å². The summed E-state index contributed by atoms with van der Waals surface area (Å²) in [5.41, 5.74) is 0. The lowest BCUT2D eigenvalue weighted by Crippen LogP contribution is -2.38. The fourth-order valence-electron chi connectivity index (χ4n) is 1.58. The van der Waals surface area contributed by atoms with Crippen LogP contribution in [-0.4, -0.2) is 18.0 Å². The Morgan fingerprint density at radius 2 is 1.64 bits per heavy atom. The summed E-state index contributed by atoms with van der Waals surface area (Å²) in [6.45, 7) is 4.29. The van der Waals surface area contributed by atoms with Crippen LogP contribution in [0.1, 0.15) is 52.4 Å². The minimum absolute atomic E-state index is 0.0897. The first kappa shape index (κ1) is 13.4. The number of carbonyl (C=O) groups is 1. The van der Waals surface area contributed by atoms with Crippen LogP contribution in [0.5, 0.6) is 0 Å². The second-order valence-corrected chi connectivity index (χ2v) is 3.93. The van der Waals surface area contributed by atoms with Gasteiger partial charge in [-0.25, -0.2) is 5.84 Å². The van der Waals surface area contributed by atoms with Crippen LogP contribution in [0.3, 0.4) is 0 Å². The molecule has 0 saturated heterocycles. The van der Waals surface area contributed by atoms with E-state index in [2.05, 4.69) is 13.8 Å². The minimum atomic E-state index is 0.0897. The van der Waals surface area contributed by atoms with Gasteiger partial charge in [-0.15, -0.1) is 0 Å². The van der Waals surface area contributed by atoms with Gasteiger partial charge in [0.05, 0.1) is 0 Å². The maximum atomic E-state index is 11.7. The van der Waals surface area contributed by atoms with E-state index in [1.54, 1.807) is 7.05 Å². The standard InChI is InChI=1S/C11H24N2O/c1-4-6-8-10(9-7-5-2)11(14)13(3)12/h10H,4-9,12H2,1-3H3. The van der Waals surface area contributed by atoms with Crippen molar-refractivity contribution in [2.75, 3.05) is 7.05 Å². The van der Waals surface area contributed by atoms with E-state index in [0.717, 1.165) is 38.5 Å². The number of hydrogen-bond acceptors (Lipinski definition) is 2. The van der Waals surface area contributed by atoms with Crippen LogP contribution in [-0.2, 0) is 4.79 Å². The molecule has 0 aromatic carbocycles. The highest BCUT2D eigenvalue weighted by Gasteiger charge is 2.18. The van der Waals surface area contributed by atoms with Crippen molar-refractivity contribution in [2.45, 2.75) is 52.4 Å². The Bertz CT molecular complexity index is 149. The fourth-order valence-corrected chi connectivity index (χ4v) is 1.58. The third kappa shape index (κ3) is 5.22. The lowest BCUT2D eigenvalue weighted by atomic mass is 9.95. The zero-order valence-corrected chi connectivity index (χ0v) is 9.75. The maximum absolute atomic E-state index is 11.7. The quantitative estimate of drug-likeness (QED) is 0.389. The van der Waals surface area contributed by atoms with E-state index in [1.165, 1.54) is 5.01 Å². The van der Waals surface area contributed by atoms with Crippen LogP contribution in [0.4, 0.5) is 0 Å². The minimum Gasteiger partial charge on any atom is -0.284 e. The topological polar surface area (TPSA) is 46.3 Å². The SMILES string of the molecule is CCCCC(CCCC)C(=O)N(C)N. The van der Waals surface area contributed by atoms with Crippen LogP contribution in [0.2, 0.25) is 0 Å². The Morgan fingerprint density at radius 3 is 1.93 bits per heavy atom. The highest BCUT2D eigenvalue weighted by Crippen LogP contribution is 2.17. The molecule has 3 heteroatoms. The summed E-state index contributed by atoms with van der Waals surface area (Å²) >= 11 is 0. The van der Waals surface area contributed by atoms with Crippen LogP contribution in [0, 0.1) is 5.92 Å². The van der Waals surface area contributed by atoms with Crippen molar-refractivity contribution in [2.24, 2.45) is 11.8 Å². The first-order valence-corrected chi connectivity index (χ1v) is 5.65. The lowest BCUT2D eigenvalue weighted by Gasteiger charge is -2.19. The summed E-state index contributed by atoms with van der Waals surface area (Å²) in [6.07, 6.45) is 6.49. The van der Waals surface area contributed by atoms with Crippen molar-refractivity contribution in [1.29, 1.82) is 0 Å². The molecule has 1 amide bonds. The molecule has 0 rings (SSSR count). The Labute approximate surface area is 87.6 Å². The molecule has 3 nitrogen and oxygen atoms in total. The molecule has 0 unspecified atom stereocenters. The van der Waals surface area contributed by atoms with E-state index >= 15 is 0 Å². The monoisotopic (exact) mass is 200 g/mol. The van der Waals surface area contributed by atoms with Gasteiger partial charge in [-0.3, -0.25) is 9.80 Å². The van der Waals surface area contributed by atoms with E-state index in [1.807, 2.05) is 0 Å². The summed E-state index contributed by atoms with van der Waals surface area (Å²) < 4.78 is 0. The molecule has 0 fully saturated rings. The smallest absolute Gasteiger partial charge is 0.239 e. The lowest BCUT2D eigenvalue weighted by molar-refractivity contribution is -0.135. The van der Waals surface area contributed by atoms with Crippen molar-refractivity contribution in [3.8, 4) is 0 Å². The van der Waals surface area contributed by atoms with Crippen LogP contribution < -0.4 is 5.84 Å². The zero-order valence-electron chi connectivity index (χ0n) is 9.75. The molecule has 0 heterocycles. The molecule has 0 aromatic rings. The number of hydrogen-bond donors (Lipinski definition) is 1. The number of unbranched alkanes of at least 4 members (excludes halogenated alkanes) is 2. The van der Waals surface area contributed by atoms with Crippen molar-refractivity contribution < 1.29 is 4.79 Å². The highest BCUT2D eigenvalue weighted by atomic mass is 16.2. The molecule has 0 aliphatic heterocycles. The van der Waals surface area contributed by atoms with Gasteiger partial charge >= 0.3 is 0 Å². The molecule has 0 atom stereocenters. The molecule has 0 saturated carbocycles. The molecule has 14 heavy (non-hydrogen) atoms. The molecule has 0 aliphatic rings. The predicted molar refractivity (Wildman–Crippen MR) is 59.5 cm³/mol. The zero-order chi connectivity index (χ0) is 11.0. The van der Waals surface area contributed by atoms with Crippen molar-refractivity contribution in [3.63, 3.8) is 0 Å². The highest BCUT2D eigenvalue weighted by molar-refractivity contribution is 5.77. The van der Waals surface area contributed by atoms with E-state index in [9.17, 15) is 4.79 Å². The van der Waals surface area contributed by atoms with Gasteiger partial charge in [-0.1, -0.05) is 39.5 Å². The van der Waals surface area contributed by atoms with Crippen molar-refractivity contribution in [1.82, 2.24) is 5.01 Å². The largest absolute Gasteiger partial charge is 0.284 e. The number of nitrogens with two attached hydrogens (primary N) is 1. The molecule has 0 bridgehead atoms. The van der Waals surface area contributed by atoms with E-state index in [4.69, 9.17) is 5.84 Å². The summed E-state index contributed by atoms with van der Waals surface area (Å²) in [7, 11) is 1.63. The van der Waals surface area contributed by atoms with Gasteiger partial charge in [0.2, 0.25) is 5.91 Å². The third-order valence-corrected chi connectivity index (χ3v) is 2.51. The van der Waals surface area contributed by atoms with Crippen LogP contribution in [0.15, 0.2) is 0 Å². The Balaban J connectivity index is 4.01. The van der Waals surface area contributed by atoms with Gasteiger partial charge in [0.15, 0.2) is 0 Å². The number of amides is 1. The second kappa shape index (κ2) is 7.80. The average molecular weight is 200 g/mol. The molecule has 0 aliphatic carbocycles. The summed E-state index contributed by atoms with van der Waals surface area (Å²) in [5, 5.41) is 1.23. The summed E-state index contributed by atoms with van der Waals surface area (Å²) in [6, 6.07) is 0. The van der Waals surface area contributed by atoms with E-state index in [0.29, 0.717) is 0 Å². The first-order valence-electron chi connectivity index (χ1n) is 5.65. The Morgan fingerprint density at radius 1 is 1.21 bits per heavy atom. The number of nitrogens with zero attached hydrogens (tertiary/aromatic N) is 1. The van der Waals surface area contributed by atoms with Gasteiger partial charge in [0.1, 0.15) is 0 Å². The molecule has 0 aromatic heterocycles. The normalized spacial score (nSPS) is 10.6. The molecule has 2 N–H and O–H groups in total. The summed E-state index contributed by atoms with van der Waals surface area (Å²) in [5.74, 6) is 5.70. The van der Waals surface area contributed by atoms with Gasteiger partial charge in [0.25, 0.3) is 0 Å². The maximum Gasteiger partial charge on any atom is 0.239 e. The Hall–Kier alpha value is -0.570. The van der Waals surface area contributed by atoms with E-state index in [-0.39, 0.29) is 11.8 Å². The van der Waals surface area contributed by atoms with Crippen molar-refractivity contribution in [3.05, 3.63) is 0 Å². The van der Waals surface area contributed by atoms with Gasteiger partial charge in [-0.2, -0.15) is 0 Å². The van der Waals surface area contributed by atoms with E-state index < -0.39 is 0 Å². The number of carbonyl (C=O) groups excluding carboxylic acids is 1. The second-order valence-electron chi connectivity index (χ2n) is 3.93. The molecule has 0 radical (unpaired) electrons. The first-order chi connectivity index (χ1) is 6.63. The van der Waals surface area contributed by atoms with Crippen LogP contribution >= 0.6 is 0 Å². The predicted octanol–water partition coefficient (Wildman–Crippen LogP) is 2.32. The number of rotatable bonds is 7.